The third-order valence-corrected chi connectivity index (χ3v) is 4.97. The van der Waals surface area contributed by atoms with E-state index in [4.69, 9.17) is 4.74 Å². The van der Waals surface area contributed by atoms with Crippen molar-refractivity contribution in [1.29, 1.82) is 0 Å². The van der Waals surface area contributed by atoms with E-state index in [0.29, 0.717) is 22.1 Å². The van der Waals surface area contributed by atoms with Gasteiger partial charge in [-0.2, -0.15) is 4.98 Å². The molecule has 0 bridgehead atoms. The third kappa shape index (κ3) is 3.27. The molecular formula is C19H15N5O4S. The number of nitrogens with zero attached hydrogens (tertiary/aromatic N) is 5. The lowest BCUT2D eigenvalue weighted by molar-refractivity contribution is -0.386. The van der Waals surface area contributed by atoms with Crippen LogP contribution in [-0.2, 0) is 4.79 Å². The highest BCUT2D eigenvalue weighted by Gasteiger charge is 2.37. The molecule has 1 aromatic heterocycles. The molecule has 1 aliphatic heterocycles. The first-order valence-corrected chi connectivity index (χ1v) is 9.81. The van der Waals surface area contributed by atoms with Gasteiger partial charge >= 0.3 is 0 Å². The molecule has 2 aromatic carbocycles. The van der Waals surface area contributed by atoms with Gasteiger partial charge in [-0.05, 0) is 18.4 Å². The summed E-state index contributed by atoms with van der Waals surface area (Å²) >= 11 is 1.29. The fourth-order valence-electron chi connectivity index (χ4n) is 3.20. The number of amides is 1. The van der Waals surface area contributed by atoms with Crippen LogP contribution in [-0.4, -0.2) is 32.3 Å². The van der Waals surface area contributed by atoms with Gasteiger partial charge in [0.2, 0.25) is 23.2 Å². The Morgan fingerprint density at radius 1 is 1.17 bits per heavy atom. The molecule has 9 nitrogen and oxygen atoms in total. The minimum absolute atomic E-state index is 0.156. The maximum absolute atomic E-state index is 12.7. The molecule has 0 saturated heterocycles. The van der Waals surface area contributed by atoms with E-state index in [1.54, 1.807) is 48.7 Å². The van der Waals surface area contributed by atoms with Crippen LogP contribution in [0.1, 0.15) is 18.7 Å². The number of para-hydroxylation sites is 2. The average Bonchev–Trinajstić information content (AvgIpc) is 2.87. The third-order valence-electron chi connectivity index (χ3n) is 4.43. The molecular weight excluding hydrogens is 394 g/mol. The molecule has 10 heteroatoms. The zero-order chi connectivity index (χ0) is 20.5. The molecule has 1 aliphatic rings. The summed E-state index contributed by atoms with van der Waals surface area (Å²) in [7, 11) is 0. The van der Waals surface area contributed by atoms with Gasteiger partial charge in [0, 0.05) is 18.6 Å². The van der Waals surface area contributed by atoms with Crippen molar-refractivity contribution in [1.82, 2.24) is 15.2 Å². The van der Waals surface area contributed by atoms with Crippen molar-refractivity contribution in [2.75, 3.05) is 11.2 Å². The molecule has 1 atom stereocenters. The minimum Gasteiger partial charge on any atom is -0.447 e. The molecule has 0 radical (unpaired) electrons. The largest absolute Gasteiger partial charge is 0.447 e. The Bertz CT molecular complexity index is 1120. The van der Waals surface area contributed by atoms with Crippen molar-refractivity contribution < 1.29 is 14.5 Å². The number of benzene rings is 2. The number of fused-ring (bicyclic) bond motifs is 3. The zero-order valence-corrected chi connectivity index (χ0v) is 16.3. The summed E-state index contributed by atoms with van der Waals surface area (Å²) < 4.78 is 6.11. The molecule has 0 saturated carbocycles. The Kier molecular flexibility index (Phi) is 4.85. The van der Waals surface area contributed by atoms with Crippen LogP contribution in [0.25, 0.3) is 11.3 Å². The monoisotopic (exact) mass is 409 g/mol. The van der Waals surface area contributed by atoms with E-state index in [2.05, 4.69) is 15.2 Å². The van der Waals surface area contributed by atoms with E-state index in [1.807, 2.05) is 0 Å². The highest BCUT2D eigenvalue weighted by Crippen LogP contribution is 2.44. The summed E-state index contributed by atoms with van der Waals surface area (Å²) in [5.74, 6) is -0.185. The molecule has 29 heavy (non-hydrogen) atoms. The van der Waals surface area contributed by atoms with Gasteiger partial charge in [0.15, 0.2) is 5.69 Å². The fourth-order valence-corrected chi connectivity index (χ4v) is 3.50. The number of ether oxygens (including phenoxy) is 1. The predicted octanol–water partition coefficient (Wildman–Crippen LogP) is 3.61. The quantitative estimate of drug-likeness (QED) is 0.366. The number of hydrogen-bond acceptors (Lipinski definition) is 8. The van der Waals surface area contributed by atoms with Gasteiger partial charge < -0.3 is 4.74 Å². The van der Waals surface area contributed by atoms with Crippen LogP contribution in [0.5, 0.6) is 5.88 Å². The Balaban J connectivity index is 2.01. The van der Waals surface area contributed by atoms with E-state index in [9.17, 15) is 14.9 Å². The Morgan fingerprint density at radius 3 is 2.62 bits per heavy atom. The van der Waals surface area contributed by atoms with Gasteiger partial charge in [-0.3, -0.25) is 19.8 Å². The van der Waals surface area contributed by atoms with Crippen LogP contribution in [0, 0.1) is 10.1 Å². The van der Waals surface area contributed by atoms with E-state index >= 15 is 0 Å². The van der Waals surface area contributed by atoms with Gasteiger partial charge in [-0.15, -0.1) is 10.2 Å². The van der Waals surface area contributed by atoms with Crippen molar-refractivity contribution in [2.24, 2.45) is 0 Å². The number of carbonyl (C=O) groups excluding carboxylic acids is 1. The first-order valence-electron chi connectivity index (χ1n) is 8.59. The number of rotatable bonds is 3. The molecule has 0 N–H and O–H groups in total. The molecule has 0 spiro atoms. The summed E-state index contributed by atoms with van der Waals surface area (Å²) in [6, 6.07) is 13.3. The Labute approximate surface area is 169 Å². The molecule has 4 rings (SSSR count). The highest BCUT2D eigenvalue weighted by molar-refractivity contribution is 7.98. The second-order valence-electron chi connectivity index (χ2n) is 6.14. The second kappa shape index (κ2) is 7.47. The molecule has 3 aromatic rings. The molecule has 1 amide bonds. The summed E-state index contributed by atoms with van der Waals surface area (Å²) in [4.78, 5) is 29.6. The average molecular weight is 409 g/mol. The van der Waals surface area contributed by atoms with Crippen LogP contribution >= 0.6 is 11.8 Å². The topological polar surface area (TPSA) is 111 Å². The lowest BCUT2D eigenvalue weighted by atomic mass is 10.1. The number of hydrogen-bond donors (Lipinski definition) is 0. The lowest BCUT2D eigenvalue weighted by Gasteiger charge is -2.29. The van der Waals surface area contributed by atoms with Crippen molar-refractivity contribution in [3.05, 3.63) is 64.2 Å². The number of nitro benzene ring substituents is 1. The predicted molar refractivity (Wildman–Crippen MR) is 107 cm³/mol. The van der Waals surface area contributed by atoms with Gasteiger partial charge in [0.05, 0.1) is 16.2 Å². The summed E-state index contributed by atoms with van der Waals surface area (Å²) in [6.45, 7) is 1.38. The van der Waals surface area contributed by atoms with Crippen LogP contribution in [0.4, 0.5) is 11.4 Å². The molecule has 0 fully saturated rings. The maximum atomic E-state index is 12.7. The van der Waals surface area contributed by atoms with Crippen LogP contribution in [0.3, 0.4) is 0 Å². The standard InChI is InChI=1S/C19H15N5O4S/c1-11(25)23-14-9-5-3-7-12(14)16-17(20-19(29-2)22-21-16)28-18(23)13-8-4-6-10-15(13)24(26)27/h3-10,18H,1-2H3/t18-/m1/s1. The van der Waals surface area contributed by atoms with E-state index in [1.165, 1.54) is 29.7 Å². The Hall–Kier alpha value is -3.53. The normalized spacial score (nSPS) is 15.0. The molecule has 0 unspecified atom stereocenters. The number of aromatic nitrogens is 3. The summed E-state index contributed by atoms with van der Waals surface area (Å²) in [5.41, 5.74) is 1.56. The van der Waals surface area contributed by atoms with Crippen molar-refractivity contribution in [3.63, 3.8) is 0 Å². The van der Waals surface area contributed by atoms with Gasteiger partial charge in [0.25, 0.3) is 5.69 Å². The summed E-state index contributed by atoms with van der Waals surface area (Å²) in [5, 5.41) is 20.3. The second-order valence-corrected chi connectivity index (χ2v) is 6.92. The number of anilines is 1. The SMILES string of the molecule is CSc1nnc2c(n1)O[C@H](c1ccccc1[N+](=O)[O-])N(C(C)=O)c1ccccc1-2. The first kappa shape index (κ1) is 18.8. The number of thioether (sulfide) groups is 1. The van der Waals surface area contributed by atoms with Crippen molar-refractivity contribution >= 4 is 29.0 Å². The smallest absolute Gasteiger partial charge is 0.278 e. The Morgan fingerprint density at radius 2 is 1.90 bits per heavy atom. The van der Waals surface area contributed by atoms with Crippen LogP contribution in [0.2, 0.25) is 0 Å². The van der Waals surface area contributed by atoms with Gasteiger partial charge in [-0.1, -0.05) is 42.1 Å². The lowest BCUT2D eigenvalue weighted by Crippen LogP contribution is -2.36. The van der Waals surface area contributed by atoms with Crippen molar-refractivity contribution in [2.45, 2.75) is 18.3 Å². The van der Waals surface area contributed by atoms with E-state index in [-0.39, 0.29) is 23.0 Å². The summed E-state index contributed by atoms with van der Waals surface area (Å²) in [6.07, 6.45) is 0.707. The number of nitro groups is 1. The maximum Gasteiger partial charge on any atom is 0.278 e. The van der Waals surface area contributed by atoms with Gasteiger partial charge in [0.1, 0.15) is 0 Å². The fraction of sp³-hybridized carbons (Fsp3) is 0.158. The highest BCUT2D eigenvalue weighted by atomic mass is 32.2. The van der Waals surface area contributed by atoms with E-state index < -0.39 is 11.2 Å². The van der Waals surface area contributed by atoms with E-state index in [0.717, 1.165) is 0 Å². The van der Waals surface area contributed by atoms with Crippen molar-refractivity contribution in [3.8, 4) is 17.1 Å². The molecule has 2 heterocycles. The first-order chi connectivity index (χ1) is 14.0. The van der Waals surface area contributed by atoms with Crippen LogP contribution in [0.15, 0.2) is 53.7 Å². The zero-order valence-electron chi connectivity index (χ0n) is 15.5. The minimum atomic E-state index is -1.09. The molecule has 146 valence electrons. The van der Waals surface area contributed by atoms with Crippen LogP contribution < -0.4 is 9.64 Å². The number of carbonyl (C=O) groups is 1. The van der Waals surface area contributed by atoms with Gasteiger partial charge in [-0.25, -0.2) is 0 Å². The molecule has 0 aliphatic carbocycles.